The van der Waals surface area contributed by atoms with Crippen LogP contribution in [-0.4, -0.2) is 36.3 Å². The van der Waals surface area contributed by atoms with Crippen LogP contribution in [-0.2, 0) is 11.2 Å². The van der Waals surface area contributed by atoms with E-state index in [0.29, 0.717) is 29.5 Å². The van der Waals surface area contributed by atoms with E-state index in [-0.39, 0.29) is 24.3 Å². The molecule has 0 saturated heterocycles. The van der Waals surface area contributed by atoms with Gasteiger partial charge in [0.15, 0.2) is 0 Å². The summed E-state index contributed by atoms with van der Waals surface area (Å²) in [6.07, 6.45) is 1.11. The minimum atomic E-state index is -0.377. The molecule has 5 nitrogen and oxygen atoms in total. The Morgan fingerprint density at radius 3 is 2.10 bits per heavy atom. The lowest BCUT2D eigenvalue weighted by Gasteiger charge is -2.27. The van der Waals surface area contributed by atoms with E-state index in [9.17, 15) is 14.4 Å². The maximum atomic E-state index is 12.9. The Hall–Kier alpha value is -3.73. The predicted molar refractivity (Wildman–Crippen MR) is 115 cm³/mol. The molecule has 0 saturated carbocycles. The summed E-state index contributed by atoms with van der Waals surface area (Å²) >= 11 is 0. The molecule has 4 rings (SSSR count). The largest absolute Gasteiger partial charge is 0.465 e. The van der Waals surface area contributed by atoms with Gasteiger partial charge in [0.2, 0.25) is 0 Å². The van der Waals surface area contributed by atoms with Crippen LogP contribution in [0.1, 0.15) is 43.1 Å². The van der Waals surface area contributed by atoms with Gasteiger partial charge < -0.3 is 4.74 Å². The van der Waals surface area contributed by atoms with Gasteiger partial charge in [0.05, 0.1) is 12.7 Å². The second-order valence-corrected chi connectivity index (χ2v) is 7.34. The highest BCUT2D eigenvalue weighted by Gasteiger charge is 2.32. The minimum absolute atomic E-state index is 0.264. The zero-order valence-electron chi connectivity index (χ0n) is 16.7. The third kappa shape index (κ3) is 3.50. The number of rotatable bonds is 6. The number of benzene rings is 3. The fourth-order valence-electron chi connectivity index (χ4n) is 3.81. The maximum Gasteiger partial charge on any atom is 0.337 e. The van der Waals surface area contributed by atoms with E-state index < -0.39 is 0 Å². The topological polar surface area (TPSA) is 63.7 Å². The molecule has 1 heterocycles. The van der Waals surface area contributed by atoms with Gasteiger partial charge in [0.25, 0.3) is 11.8 Å². The van der Waals surface area contributed by atoms with Crippen LogP contribution < -0.4 is 0 Å². The van der Waals surface area contributed by atoms with E-state index >= 15 is 0 Å². The number of nitrogens with zero attached hydrogens (tertiary/aromatic N) is 1. The highest BCUT2D eigenvalue weighted by Crippen LogP contribution is 2.30. The Bertz CT molecular complexity index is 1130. The molecule has 0 fully saturated rings. The molecule has 5 heteroatoms. The van der Waals surface area contributed by atoms with Gasteiger partial charge in [0, 0.05) is 23.1 Å². The Morgan fingerprint density at radius 1 is 0.933 bits per heavy atom. The molecule has 0 bridgehead atoms. The Balaban J connectivity index is 1.45. The molecule has 0 atom stereocenters. The second-order valence-electron chi connectivity index (χ2n) is 7.34. The van der Waals surface area contributed by atoms with E-state index in [1.807, 2.05) is 36.4 Å². The fourth-order valence-corrected chi connectivity index (χ4v) is 3.81. The Kier molecular flexibility index (Phi) is 5.19. The number of ether oxygens (including phenoxy) is 1. The first kappa shape index (κ1) is 19.6. The summed E-state index contributed by atoms with van der Waals surface area (Å²) in [6.45, 7) is 4.38. The molecular weight excluding hydrogens is 378 g/mol. The van der Waals surface area contributed by atoms with Gasteiger partial charge in [-0.2, -0.15) is 0 Å². The van der Waals surface area contributed by atoms with Crippen molar-refractivity contribution in [1.29, 1.82) is 0 Å². The molecule has 0 N–H and O–H groups in total. The van der Waals surface area contributed by atoms with E-state index in [4.69, 9.17) is 4.74 Å². The predicted octanol–water partition coefficient (Wildman–Crippen LogP) is 4.41. The van der Waals surface area contributed by atoms with Crippen LogP contribution in [0.5, 0.6) is 0 Å². The first-order valence-corrected chi connectivity index (χ1v) is 9.71. The van der Waals surface area contributed by atoms with Crippen molar-refractivity contribution in [3.05, 3.63) is 95.1 Å². The molecule has 2 amide bonds. The van der Waals surface area contributed by atoms with Gasteiger partial charge in [-0.1, -0.05) is 48.6 Å². The van der Waals surface area contributed by atoms with Crippen molar-refractivity contribution in [3.63, 3.8) is 0 Å². The first-order chi connectivity index (χ1) is 14.5. The average molecular weight is 399 g/mol. The highest BCUT2D eigenvalue weighted by molar-refractivity contribution is 6.25. The van der Waals surface area contributed by atoms with Crippen LogP contribution in [0.25, 0.3) is 10.8 Å². The lowest BCUT2D eigenvalue weighted by molar-refractivity contribution is 0.0593. The molecule has 3 aromatic rings. The lowest BCUT2D eigenvalue weighted by atomic mass is 9.93. The monoisotopic (exact) mass is 399 g/mol. The molecule has 0 aliphatic carbocycles. The Labute approximate surface area is 174 Å². The third-order valence-corrected chi connectivity index (χ3v) is 5.37. The number of amides is 2. The Morgan fingerprint density at radius 2 is 1.53 bits per heavy atom. The second kappa shape index (κ2) is 7.95. The molecule has 0 radical (unpaired) electrons. The van der Waals surface area contributed by atoms with Gasteiger partial charge in [-0.05, 0) is 48.1 Å². The maximum absolute atomic E-state index is 12.9. The molecular formula is C25H21NO4. The van der Waals surface area contributed by atoms with Crippen molar-refractivity contribution in [3.8, 4) is 0 Å². The van der Waals surface area contributed by atoms with Gasteiger partial charge in [-0.15, -0.1) is 0 Å². The summed E-state index contributed by atoms with van der Waals surface area (Å²) in [5, 5.41) is 1.63. The summed E-state index contributed by atoms with van der Waals surface area (Å²) < 4.78 is 4.70. The van der Waals surface area contributed by atoms with E-state index in [0.717, 1.165) is 21.9 Å². The number of carbonyl (C=O) groups excluding carboxylic acids is 3. The van der Waals surface area contributed by atoms with Crippen LogP contribution >= 0.6 is 0 Å². The van der Waals surface area contributed by atoms with Gasteiger partial charge in [0.1, 0.15) is 0 Å². The molecule has 0 spiro atoms. The summed E-state index contributed by atoms with van der Waals surface area (Å²) in [5.74, 6) is -0.906. The molecule has 1 aliphatic rings. The summed E-state index contributed by atoms with van der Waals surface area (Å²) in [7, 11) is 1.35. The normalized spacial score (nSPS) is 12.9. The van der Waals surface area contributed by atoms with Crippen LogP contribution in [0.15, 0.2) is 72.8 Å². The average Bonchev–Trinajstić information content (AvgIpc) is 2.77. The number of esters is 1. The zero-order chi connectivity index (χ0) is 21.3. The van der Waals surface area contributed by atoms with Crippen LogP contribution in [0, 0.1) is 0 Å². The zero-order valence-corrected chi connectivity index (χ0v) is 16.7. The van der Waals surface area contributed by atoms with Crippen molar-refractivity contribution in [2.75, 3.05) is 13.7 Å². The molecule has 30 heavy (non-hydrogen) atoms. The molecule has 0 unspecified atom stereocenters. The number of carbonyl (C=O) groups is 3. The van der Waals surface area contributed by atoms with Crippen molar-refractivity contribution in [1.82, 2.24) is 4.90 Å². The molecule has 150 valence electrons. The summed E-state index contributed by atoms with van der Waals surface area (Å²) in [6, 6.07) is 18.2. The van der Waals surface area contributed by atoms with Crippen LogP contribution in [0.4, 0.5) is 0 Å². The lowest BCUT2D eigenvalue weighted by Crippen LogP contribution is -2.41. The third-order valence-electron chi connectivity index (χ3n) is 5.37. The molecule has 1 aliphatic heterocycles. The van der Waals surface area contributed by atoms with E-state index in [1.165, 1.54) is 12.0 Å². The number of hydrogen-bond donors (Lipinski definition) is 0. The minimum Gasteiger partial charge on any atom is -0.465 e. The van der Waals surface area contributed by atoms with E-state index in [1.54, 1.807) is 24.3 Å². The summed E-state index contributed by atoms with van der Waals surface area (Å²) in [4.78, 5) is 38.7. The van der Waals surface area contributed by atoms with Crippen LogP contribution in [0.2, 0.25) is 0 Å². The fraction of sp³-hybridized carbons (Fsp3) is 0.160. The van der Waals surface area contributed by atoms with Crippen molar-refractivity contribution >= 4 is 28.6 Å². The van der Waals surface area contributed by atoms with Gasteiger partial charge in [-0.25, -0.2) is 4.79 Å². The standard InChI is InChI=1S/C25H21NO4/c1-16(15-17-9-11-19(12-10-17)25(29)30-2)13-14-26-23(27)20-7-3-5-18-6-4-8-21(22(18)20)24(26)28/h3-12H,1,13-15H2,2H3. The number of methoxy groups -OCH3 is 1. The van der Waals surface area contributed by atoms with Crippen molar-refractivity contribution in [2.24, 2.45) is 0 Å². The summed E-state index contributed by atoms with van der Waals surface area (Å²) in [5.41, 5.74) is 3.51. The number of imide groups is 1. The first-order valence-electron chi connectivity index (χ1n) is 9.71. The highest BCUT2D eigenvalue weighted by atomic mass is 16.5. The quantitative estimate of drug-likeness (QED) is 0.350. The van der Waals surface area contributed by atoms with Gasteiger partial charge >= 0.3 is 5.97 Å². The van der Waals surface area contributed by atoms with Gasteiger partial charge in [-0.3, -0.25) is 14.5 Å². The number of hydrogen-bond acceptors (Lipinski definition) is 4. The van der Waals surface area contributed by atoms with Crippen molar-refractivity contribution in [2.45, 2.75) is 12.8 Å². The SMILES string of the molecule is C=C(CCN1C(=O)c2cccc3cccc(c23)C1=O)Cc1ccc(C(=O)OC)cc1. The smallest absolute Gasteiger partial charge is 0.337 e. The van der Waals surface area contributed by atoms with Crippen LogP contribution in [0.3, 0.4) is 0 Å². The van der Waals surface area contributed by atoms with Crippen molar-refractivity contribution < 1.29 is 19.1 Å². The van der Waals surface area contributed by atoms with E-state index in [2.05, 4.69) is 6.58 Å². The molecule has 0 aromatic heterocycles. The molecule has 3 aromatic carbocycles.